The van der Waals surface area contributed by atoms with Gasteiger partial charge in [0, 0.05) is 22.3 Å². The predicted octanol–water partition coefficient (Wildman–Crippen LogP) is 2.93. The van der Waals surface area contributed by atoms with Crippen LogP contribution in [0, 0.1) is 13.8 Å². The van der Waals surface area contributed by atoms with Crippen LogP contribution in [0.2, 0.25) is 5.02 Å². The van der Waals surface area contributed by atoms with Gasteiger partial charge in [-0.2, -0.15) is 5.10 Å². The van der Waals surface area contributed by atoms with Crippen LogP contribution in [0.25, 0.3) is 0 Å². The van der Waals surface area contributed by atoms with E-state index >= 15 is 0 Å². The maximum atomic E-state index is 11.9. The Morgan fingerprint density at radius 2 is 2.06 bits per heavy atom. The molecule has 1 heterocycles. The van der Waals surface area contributed by atoms with Gasteiger partial charge in [-0.15, -0.1) is 0 Å². The third-order valence-corrected chi connectivity index (χ3v) is 2.47. The summed E-state index contributed by atoms with van der Waals surface area (Å²) in [5, 5.41) is 9.94. The molecule has 0 radical (unpaired) electrons. The van der Waals surface area contributed by atoms with Crippen molar-refractivity contribution in [2.24, 2.45) is 0 Å². The van der Waals surface area contributed by atoms with Crippen LogP contribution in [0.3, 0.4) is 0 Å². The Morgan fingerprint density at radius 1 is 1.29 bits per heavy atom. The summed E-state index contributed by atoms with van der Waals surface area (Å²) in [6, 6.07) is 6.97. The van der Waals surface area contributed by atoms with Crippen molar-refractivity contribution in [1.29, 1.82) is 0 Å². The zero-order chi connectivity index (χ0) is 12.4. The molecule has 0 aliphatic carbocycles. The molecule has 4 nitrogen and oxygen atoms in total. The smallest absolute Gasteiger partial charge is 0.256 e. The molecule has 2 aromatic rings. The van der Waals surface area contributed by atoms with E-state index in [0.29, 0.717) is 16.4 Å². The van der Waals surface area contributed by atoms with E-state index in [9.17, 15) is 4.79 Å². The number of aromatic nitrogens is 2. The van der Waals surface area contributed by atoms with Gasteiger partial charge in [-0.1, -0.05) is 11.6 Å². The summed E-state index contributed by atoms with van der Waals surface area (Å²) in [5.41, 5.74) is 2.36. The van der Waals surface area contributed by atoms with Crippen LogP contribution in [0.15, 0.2) is 24.3 Å². The number of anilines is 1. The molecular weight excluding hydrogens is 238 g/mol. The SMILES string of the molecule is Cc1cc(Cl)cc(C(=O)Nc2cc(C)[nH]n2)c1. The van der Waals surface area contributed by atoms with E-state index in [-0.39, 0.29) is 5.91 Å². The van der Waals surface area contributed by atoms with Crippen LogP contribution in [-0.4, -0.2) is 16.1 Å². The fourth-order valence-corrected chi connectivity index (χ4v) is 1.83. The minimum Gasteiger partial charge on any atom is -0.305 e. The topological polar surface area (TPSA) is 57.8 Å². The number of aryl methyl sites for hydroxylation is 2. The van der Waals surface area contributed by atoms with Crippen molar-refractivity contribution in [1.82, 2.24) is 10.2 Å². The van der Waals surface area contributed by atoms with Crippen LogP contribution in [0.4, 0.5) is 5.82 Å². The van der Waals surface area contributed by atoms with Crippen LogP contribution >= 0.6 is 11.6 Å². The van der Waals surface area contributed by atoms with Gasteiger partial charge in [-0.25, -0.2) is 0 Å². The molecule has 0 spiro atoms. The number of aromatic amines is 1. The molecule has 88 valence electrons. The van der Waals surface area contributed by atoms with E-state index in [1.54, 1.807) is 24.3 Å². The third-order valence-electron chi connectivity index (χ3n) is 2.25. The zero-order valence-electron chi connectivity index (χ0n) is 9.54. The molecule has 0 saturated carbocycles. The van der Waals surface area contributed by atoms with Crippen LogP contribution in [-0.2, 0) is 0 Å². The maximum absolute atomic E-state index is 11.9. The minimum atomic E-state index is -0.220. The normalized spacial score (nSPS) is 10.3. The molecule has 17 heavy (non-hydrogen) atoms. The number of amides is 1. The van der Waals surface area contributed by atoms with Crippen molar-refractivity contribution in [3.63, 3.8) is 0 Å². The lowest BCUT2D eigenvalue weighted by molar-refractivity contribution is 0.102. The first-order chi connectivity index (χ1) is 8.04. The number of halogens is 1. The van der Waals surface area contributed by atoms with Crippen molar-refractivity contribution >= 4 is 23.3 Å². The lowest BCUT2D eigenvalue weighted by Crippen LogP contribution is -2.12. The number of carbonyl (C=O) groups is 1. The molecule has 2 N–H and O–H groups in total. The second-order valence-corrected chi connectivity index (χ2v) is 4.34. The van der Waals surface area contributed by atoms with Crippen molar-refractivity contribution in [2.45, 2.75) is 13.8 Å². The number of nitrogens with one attached hydrogen (secondary N) is 2. The summed E-state index contributed by atoms with van der Waals surface area (Å²) < 4.78 is 0. The van der Waals surface area contributed by atoms with Gasteiger partial charge in [0.15, 0.2) is 5.82 Å². The molecule has 0 unspecified atom stereocenters. The molecular formula is C12H12ClN3O. The molecule has 1 aromatic carbocycles. The van der Waals surface area contributed by atoms with E-state index in [2.05, 4.69) is 15.5 Å². The number of H-pyrrole nitrogens is 1. The lowest BCUT2D eigenvalue weighted by atomic mass is 10.1. The first kappa shape index (κ1) is 11.7. The van der Waals surface area contributed by atoms with Gasteiger partial charge in [0.25, 0.3) is 5.91 Å². The van der Waals surface area contributed by atoms with Gasteiger partial charge in [-0.3, -0.25) is 9.89 Å². The molecule has 0 bridgehead atoms. The largest absolute Gasteiger partial charge is 0.305 e. The fourth-order valence-electron chi connectivity index (χ4n) is 1.54. The zero-order valence-corrected chi connectivity index (χ0v) is 10.3. The molecule has 1 amide bonds. The molecule has 5 heteroatoms. The molecule has 0 atom stereocenters. The first-order valence-corrected chi connectivity index (χ1v) is 5.53. The molecule has 0 aliphatic heterocycles. The maximum Gasteiger partial charge on any atom is 0.256 e. The molecule has 0 fully saturated rings. The number of carbonyl (C=O) groups excluding carboxylic acids is 1. The summed E-state index contributed by atoms with van der Waals surface area (Å²) >= 11 is 5.90. The monoisotopic (exact) mass is 249 g/mol. The standard InChI is InChI=1S/C12H12ClN3O/c1-7-3-9(6-10(13)4-7)12(17)14-11-5-8(2)15-16-11/h3-6H,1-2H3,(H2,14,15,16,17). The van der Waals surface area contributed by atoms with E-state index in [4.69, 9.17) is 11.6 Å². The fraction of sp³-hybridized carbons (Fsp3) is 0.167. The molecule has 0 aliphatic rings. The second kappa shape index (κ2) is 4.59. The Morgan fingerprint density at radius 3 is 2.65 bits per heavy atom. The quantitative estimate of drug-likeness (QED) is 0.860. The average Bonchev–Trinajstić information content (AvgIpc) is 2.62. The lowest BCUT2D eigenvalue weighted by Gasteiger charge is -2.03. The highest BCUT2D eigenvalue weighted by Gasteiger charge is 2.09. The van der Waals surface area contributed by atoms with Gasteiger partial charge >= 0.3 is 0 Å². The van der Waals surface area contributed by atoms with E-state index in [1.165, 1.54) is 0 Å². The van der Waals surface area contributed by atoms with Crippen LogP contribution in [0.5, 0.6) is 0 Å². The first-order valence-electron chi connectivity index (χ1n) is 5.15. The Balaban J connectivity index is 2.19. The van der Waals surface area contributed by atoms with Gasteiger partial charge in [0.05, 0.1) is 0 Å². The number of benzene rings is 1. The number of nitrogens with zero attached hydrogens (tertiary/aromatic N) is 1. The summed E-state index contributed by atoms with van der Waals surface area (Å²) in [4.78, 5) is 11.9. The highest BCUT2D eigenvalue weighted by Crippen LogP contribution is 2.15. The van der Waals surface area contributed by atoms with Gasteiger partial charge in [0.2, 0.25) is 0 Å². The predicted molar refractivity (Wildman–Crippen MR) is 67.5 cm³/mol. The Kier molecular flexibility index (Phi) is 3.15. The van der Waals surface area contributed by atoms with E-state index in [0.717, 1.165) is 11.3 Å². The molecule has 1 aromatic heterocycles. The Hall–Kier alpha value is -1.81. The summed E-state index contributed by atoms with van der Waals surface area (Å²) in [5.74, 6) is 0.284. The van der Waals surface area contributed by atoms with Crippen molar-refractivity contribution < 1.29 is 4.79 Å². The third kappa shape index (κ3) is 2.85. The number of rotatable bonds is 2. The highest BCUT2D eigenvalue weighted by atomic mass is 35.5. The van der Waals surface area contributed by atoms with Crippen molar-refractivity contribution in [2.75, 3.05) is 5.32 Å². The van der Waals surface area contributed by atoms with E-state index < -0.39 is 0 Å². The van der Waals surface area contributed by atoms with Crippen LogP contribution in [0.1, 0.15) is 21.6 Å². The van der Waals surface area contributed by atoms with Crippen molar-refractivity contribution in [3.05, 3.63) is 46.1 Å². The average molecular weight is 250 g/mol. The molecule has 0 saturated heterocycles. The Labute approximate surface area is 104 Å². The van der Waals surface area contributed by atoms with Gasteiger partial charge < -0.3 is 5.32 Å². The van der Waals surface area contributed by atoms with Crippen LogP contribution < -0.4 is 5.32 Å². The number of hydrogen-bond donors (Lipinski definition) is 2. The number of hydrogen-bond acceptors (Lipinski definition) is 2. The van der Waals surface area contributed by atoms with E-state index in [1.807, 2.05) is 13.8 Å². The Bertz CT molecular complexity index is 542. The minimum absolute atomic E-state index is 0.220. The highest BCUT2D eigenvalue weighted by molar-refractivity contribution is 6.31. The van der Waals surface area contributed by atoms with Gasteiger partial charge in [-0.05, 0) is 37.6 Å². The second-order valence-electron chi connectivity index (χ2n) is 3.91. The summed E-state index contributed by atoms with van der Waals surface area (Å²) in [7, 11) is 0. The summed E-state index contributed by atoms with van der Waals surface area (Å²) in [6.45, 7) is 3.76. The summed E-state index contributed by atoms with van der Waals surface area (Å²) in [6.07, 6.45) is 0. The molecule has 2 rings (SSSR count). The van der Waals surface area contributed by atoms with Gasteiger partial charge in [0.1, 0.15) is 0 Å². The van der Waals surface area contributed by atoms with Crippen molar-refractivity contribution in [3.8, 4) is 0 Å².